The molecule has 0 bridgehead atoms. The van der Waals surface area contributed by atoms with Crippen molar-refractivity contribution < 1.29 is 19.1 Å². The van der Waals surface area contributed by atoms with Gasteiger partial charge in [-0.25, -0.2) is 9.59 Å². The number of hydrogen-bond donors (Lipinski definition) is 1. The van der Waals surface area contributed by atoms with Gasteiger partial charge >= 0.3 is 12.1 Å². The first-order chi connectivity index (χ1) is 12.8. The monoisotopic (exact) mass is 367 g/mol. The topological polar surface area (TPSA) is 64.6 Å². The first-order valence-corrected chi connectivity index (χ1v) is 9.05. The maximum Gasteiger partial charge on any atom is 0.413 e. The van der Waals surface area contributed by atoms with Crippen molar-refractivity contribution in [2.75, 3.05) is 0 Å². The van der Waals surface area contributed by atoms with Gasteiger partial charge in [0.25, 0.3) is 0 Å². The summed E-state index contributed by atoms with van der Waals surface area (Å²) in [6.45, 7) is 7.75. The van der Waals surface area contributed by atoms with Crippen molar-refractivity contribution in [1.82, 2.24) is 5.32 Å². The third-order valence-electron chi connectivity index (χ3n) is 4.63. The van der Waals surface area contributed by atoms with E-state index >= 15 is 0 Å². The molecule has 1 amide bonds. The van der Waals surface area contributed by atoms with Gasteiger partial charge in [-0.2, -0.15) is 0 Å². The Morgan fingerprint density at radius 3 is 2.37 bits per heavy atom. The van der Waals surface area contributed by atoms with Crippen LogP contribution in [0, 0.1) is 19.8 Å². The van der Waals surface area contributed by atoms with Crippen molar-refractivity contribution >= 4 is 25.4 Å². The van der Waals surface area contributed by atoms with E-state index in [1.54, 1.807) is 6.07 Å². The van der Waals surface area contributed by atoms with Crippen molar-refractivity contribution in [2.45, 2.75) is 40.3 Å². The van der Waals surface area contributed by atoms with Gasteiger partial charge in [-0.05, 0) is 37.0 Å². The quantitative estimate of drug-likeness (QED) is 0.629. The molecule has 0 aliphatic heterocycles. The molecule has 0 fully saturated rings. The number of amides is 1. The molecule has 2 aromatic rings. The second-order valence-electron chi connectivity index (χ2n) is 6.98. The van der Waals surface area contributed by atoms with Gasteiger partial charge < -0.3 is 14.8 Å². The van der Waals surface area contributed by atoms with Crippen LogP contribution in [0.15, 0.2) is 42.5 Å². The summed E-state index contributed by atoms with van der Waals surface area (Å²) in [5.74, 6) is -0.139. The smallest absolute Gasteiger partial charge is 0.413 e. The standard InChI is InChI=1S/C21H26BNO4/c1-13(2)19(20(24)26-12-16-8-6-5-7-9-16)23-21(25)27-17-11-10-14(3)18(22)15(17)4/h5-11,13,19H,12,22H2,1-4H3,(H,23,25). The Kier molecular flexibility index (Phi) is 7.05. The van der Waals surface area contributed by atoms with E-state index in [2.05, 4.69) is 5.32 Å². The molecule has 5 nitrogen and oxygen atoms in total. The Morgan fingerprint density at radius 2 is 1.74 bits per heavy atom. The van der Waals surface area contributed by atoms with Crippen LogP contribution in [0.4, 0.5) is 4.79 Å². The summed E-state index contributed by atoms with van der Waals surface area (Å²) in [6.07, 6.45) is -0.670. The summed E-state index contributed by atoms with van der Waals surface area (Å²) >= 11 is 0. The zero-order valence-corrected chi connectivity index (χ0v) is 16.5. The maximum absolute atomic E-state index is 12.4. The fraction of sp³-hybridized carbons (Fsp3) is 0.333. The lowest BCUT2D eigenvalue weighted by atomic mass is 9.86. The van der Waals surface area contributed by atoms with E-state index in [0.29, 0.717) is 5.75 Å². The van der Waals surface area contributed by atoms with Crippen LogP contribution in [0.3, 0.4) is 0 Å². The van der Waals surface area contributed by atoms with Crippen molar-refractivity contribution in [2.24, 2.45) is 5.92 Å². The summed E-state index contributed by atoms with van der Waals surface area (Å²) in [4.78, 5) is 24.7. The molecule has 0 saturated carbocycles. The van der Waals surface area contributed by atoms with E-state index in [1.807, 2.05) is 71.9 Å². The van der Waals surface area contributed by atoms with Gasteiger partial charge in [0.05, 0.1) is 0 Å². The van der Waals surface area contributed by atoms with E-state index in [0.717, 1.165) is 22.2 Å². The average molecular weight is 367 g/mol. The van der Waals surface area contributed by atoms with Crippen LogP contribution < -0.4 is 15.5 Å². The van der Waals surface area contributed by atoms with E-state index < -0.39 is 18.1 Å². The normalized spacial score (nSPS) is 11.7. The molecule has 1 unspecified atom stereocenters. The van der Waals surface area contributed by atoms with Crippen molar-refractivity contribution in [1.29, 1.82) is 0 Å². The fourth-order valence-corrected chi connectivity index (χ4v) is 2.61. The van der Waals surface area contributed by atoms with Gasteiger partial charge in [-0.3, -0.25) is 0 Å². The van der Waals surface area contributed by atoms with Crippen LogP contribution in [-0.2, 0) is 16.1 Å². The highest BCUT2D eigenvalue weighted by molar-refractivity contribution is 6.34. The summed E-state index contributed by atoms with van der Waals surface area (Å²) in [5.41, 5.74) is 3.99. The van der Waals surface area contributed by atoms with Crippen LogP contribution in [0.5, 0.6) is 5.75 Å². The highest BCUT2D eigenvalue weighted by Crippen LogP contribution is 2.17. The molecule has 2 rings (SSSR count). The summed E-state index contributed by atoms with van der Waals surface area (Å²) < 4.78 is 10.8. The molecule has 1 atom stereocenters. The van der Waals surface area contributed by atoms with E-state index in [1.165, 1.54) is 0 Å². The van der Waals surface area contributed by atoms with Gasteiger partial charge in [0.1, 0.15) is 26.2 Å². The molecule has 0 aliphatic rings. The highest BCUT2D eigenvalue weighted by atomic mass is 16.6. The summed E-state index contributed by atoms with van der Waals surface area (Å²) in [6, 6.07) is 12.3. The van der Waals surface area contributed by atoms with E-state index in [4.69, 9.17) is 9.47 Å². The number of hydrogen-bond acceptors (Lipinski definition) is 4. The molecule has 0 aromatic heterocycles. The third-order valence-corrected chi connectivity index (χ3v) is 4.63. The first-order valence-electron chi connectivity index (χ1n) is 9.05. The number of aryl methyl sites for hydroxylation is 1. The molecule has 6 heteroatoms. The SMILES string of the molecule is Bc1c(C)ccc(OC(=O)NC(C(=O)OCc2ccccc2)C(C)C)c1C. The number of carbonyl (C=O) groups is 2. The Balaban J connectivity index is 1.99. The van der Waals surface area contributed by atoms with Crippen LogP contribution in [0.2, 0.25) is 0 Å². The first kappa shape index (κ1) is 20.6. The Labute approximate surface area is 161 Å². The molecule has 142 valence electrons. The number of nitrogens with one attached hydrogen (secondary N) is 1. The molecule has 1 N–H and O–H groups in total. The third kappa shape index (κ3) is 5.61. The average Bonchev–Trinajstić information content (AvgIpc) is 2.65. The van der Waals surface area contributed by atoms with Crippen LogP contribution in [0.1, 0.15) is 30.5 Å². The lowest BCUT2D eigenvalue weighted by Gasteiger charge is -2.21. The summed E-state index contributed by atoms with van der Waals surface area (Å²) in [7, 11) is 1.98. The van der Waals surface area contributed by atoms with Crippen molar-refractivity contribution in [3.8, 4) is 5.75 Å². The van der Waals surface area contributed by atoms with Crippen LogP contribution >= 0.6 is 0 Å². The number of esters is 1. The molecule has 2 aromatic carbocycles. The van der Waals surface area contributed by atoms with Gasteiger partial charge in [-0.1, -0.05) is 61.3 Å². The highest BCUT2D eigenvalue weighted by Gasteiger charge is 2.27. The second kappa shape index (κ2) is 9.26. The number of benzene rings is 2. The minimum absolute atomic E-state index is 0.137. The zero-order valence-electron chi connectivity index (χ0n) is 16.5. The number of ether oxygens (including phenoxy) is 2. The molecule has 0 radical (unpaired) electrons. The van der Waals surface area contributed by atoms with E-state index in [-0.39, 0.29) is 12.5 Å². The molecule has 0 aliphatic carbocycles. The van der Waals surface area contributed by atoms with Crippen molar-refractivity contribution in [3.05, 3.63) is 59.2 Å². The van der Waals surface area contributed by atoms with Gasteiger partial charge in [0.15, 0.2) is 0 Å². The Hall–Kier alpha value is -2.76. The minimum atomic E-state index is -0.784. The summed E-state index contributed by atoms with van der Waals surface area (Å²) in [5, 5.41) is 2.63. The van der Waals surface area contributed by atoms with Crippen LogP contribution in [0.25, 0.3) is 0 Å². The number of carbonyl (C=O) groups excluding carboxylic acids is 2. The number of rotatable bonds is 6. The van der Waals surface area contributed by atoms with Crippen LogP contribution in [-0.4, -0.2) is 26.0 Å². The maximum atomic E-state index is 12.4. The second-order valence-corrected chi connectivity index (χ2v) is 6.98. The molecule has 0 spiro atoms. The zero-order chi connectivity index (χ0) is 20.0. The van der Waals surface area contributed by atoms with Gasteiger partial charge in [0.2, 0.25) is 0 Å². The lowest BCUT2D eigenvalue weighted by molar-refractivity contribution is -0.148. The molecular weight excluding hydrogens is 341 g/mol. The minimum Gasteiger partial charge on any atom is -0.459 e. The molecular formula is C21H26BNO4. The van der Waals surface area contributed by atoms with E-state index in [9.17, 15) is 9.59 Å². The van der Waals surface area contributed by atoms with Gasteiger partial charge in [0, 0.05) is 0 Å². The van der Waals surface area contributed by atoms with Crippen molar-refractivity contribution in [3.63, 3.8) is 0 Å². The van der Waals surface area contributed by atoms with Gasteiger partial charge in [-0.15, -0.1) is 0 Å². The Morgan fingerprint density at radius 1 is 1.07 bits per heavy atom. The largest absolute Gasteiger partial charge is 0.459 e. The molecule has 27 heavy (non-hydrogen) atoms. The Bertz CT molecular complexity index is 805. The molecule has 0 heterocycles. The molecule has 0 saturated heterocycles. The lowest BCUT2D eigenvalue weighted by Crippen LogP contribution is -2.46. The fourth-order valence-electron chi connectivity index (χ4n) is 2.61. The predicted octanol–water partition coefficient (Wildman–Crippen LogP) is 2.42. The predicted molar refractivity (Wildman–Crippen MR) is 108 cm³/mol.